The van der Waals surface area contributed by atoms with Gasteiger partial charge in [0, 0.05) is 19.6 Å². The zero-order valence-corrected chi connectivity index (χ0v) is 16.9. The van der Waals surface area contributed by atoms with Crippen LogP contribution in [-0.4, -0.2) is 49.7 Å². The number of ether oxygens (including phenoxy) is 1. The highest BCUT2D eigenvalue weighted by Gasteiger charge is 2.20. The Hall–Kier alpha value is -0.850. The summed E-state index contributed by atoms with van der Waals surface area (Å²) in [4.78, 5) is 14.6. The van der Waals surface area contributed by atoms with Crippen molar-refractivity contribution in [3.8, 4) is 0 Å². The molecule has 0 bridgehead atoms. The van der Waals surface area contributed by atoms with Crippen molar-refractivity contribution in [3.05, 3.63) is 35.4 Å². The van der Waals surface area contributed by atoms with Crippen molar-refractivity contribution in [2.24, 2.45) is 0 Å². The van der Waals surface area contributed by atoms with Gasteiger partial charge >= 0.3 is 0 Å². The van der Waals surface area contributed by atoms with Crippen molar-refractivity contribution in [2.45, 2.75) is 44.8 Å². The molecular formula is C19H31Cl2N3O2. The molecule has 26 heavy (non-hydrogen) atoms. The standard InChI is InChI=1S/C19H29N3O2.2ClH/c23-19(18-15-24-12-9-20-18)21-13-16-5-7-17(8-6-16)14-22-10-3-1-2-4-11-22;;/h5-8,18,20H,1-4,9-15H2,(H,21,23);2*1H. The van der Waals surface area contributed by atoms with Gasteiger partial charge in [-0.15, -0.1) is 24.8 Å². The van der Waals surface area contributed by atoms with Crippen LogP contribution in [0.4, 0.5) is 0 Å². The molecule has 1 aromatic carbocycles. The molecule has 2 N–H and O–H groups in total. The second-order valence-electron chi connectivity index (χ2n) is 6.81. The van der Waals surface area contributed by atoms with Crippen molar-refractivity contribution in [3.63, 3.8) is 0 Å². The first-order valence-corrected chi connectivity index (χ1v) is 9.20. The monoisotopic (exact) mass is 403 g/mol. The van der Waals surface area contributed by atoms with E-state index in [4.69, 9.17) is 4.74 Å². The lowest BCUT2D eigenvalue weighted by Gasteiger charge is -2.23. The van der Waals surface area contributed by atoms with E-state index >= 15 is 0 Å². The van der Waals surface area contributed by atoms with Crippen molar-refractivity contribution in [2.75, 3.05) is 32.8 Å². The maximum absolute atomic E-state index is 12.1. The molecule has 1 unspecified atom stereocenters. The predicted octanol–water partition coefficient (Wildman–Crippen LogP) is 2.51. The van der Waals surface area contributed by atoms with Crippen LogP contribution in [-0.2, 0) is 22.6 Å². The second kappa shape index (κ2) is 12.5. The summed E-state index contributed by atoms with van der Waals surface area (Å²) in [5, 5.41) is 6.16. The van der Waals surface area contributed by atoms with Crippen LogP contribution in [0.2, 0.25) is 0 Å². The number of carbonyl (C=O) groups is 1. The third kappa shape index (κ3) is 7.41. The number of morpholine rings is 1. The number of amides is 1. The summed E-state index contributed by atoms with van der Waals surface area (Å²) in [5.74, 6) is 0.0170. The van der Waals surface area contributed by atoms with Gasteiger partial charge in [0.25, 0.3) is 0 Å². The zero-order valence-electron chi connectivity index (χ0n) is 15.2. The van der Waals surface area contributed by atoms with Gasteiger partial charge in [0.15, 0.2) is 0 Å². The molecule has 1 amide bonds. The molecule has 1 aromatic rings. The topological polar surface area (TPSA) is 53.6 Å². The third-order valence-corrected chi connectivity index (χ3v) is 4.83. The molecule has 7 heteroatoms. The molecule has 2 heterocycles. The number of likely N-dealkylation sites (tertiary alicyclic amines) is 1. The molecule has 0 spiro atoms. The predicted molar refractivity (Wildman–Crippen MR) is 109 cm³/mol. The summed E-state index contributed by atoms with van der Waals surface area (Å²) >= 11 is 0. The summed E-state index contributed by atoms with van der Waals surface area (Å²) in [5.41, 5.74) is 2.49. The van der Waals surface area contributed by atoms with E-state index in [0.717, 1.165) is 18.7 Å². The fraction of sp³-hybridized carbons (Fsp3) is 0.632. The highest BCUT2D eigenvalue weighted by Crippen LogP contribution is 2.14. The zero-order chi connectivity index (χ0) is 16.6. The maximum atomic E-state index is 12.1. The van der Waals surface area contributed by atoms with E-state index < -0.39 is 0 Å². The van der Waals surface area contributed by atoms with Crippen LogP contribution in [0.25, 0.3) is 0 Å². The van der Waals surface area contributed by atoms with Crippen LogP contribution in [0.5, 0.6) is 0 Å². The van der Waals surface area contributed by atoms with E-state index in [-0.39, 0.29) is 36.8 Å². The quantitative estimate of drug-likeness (QED) is 0.792. The highest BCUT2D eigenvalue weighted by atomic mass is 35.5. The number of hydrogen-bond acceptors (Lipinski definition) is 4. The molecule has 3 rings (SSSR count). The lowest BCUT2D eigenvalue weighted by atomic mass is 10.1. The third-order valence-electron chi connectivity index (χ3n) is 4.83. The van der Waals surface area contributed by atoms with Gasteiger partial charge in [0.05, 0.1) is 13.2 Å². The maximum Gasteiger partial charge on any atom is 0.239 e. The Bertz CT molecular complexity index is 514. The average molecular weight is 404 g/mol. The molecule has 2 saturated heterocycles. The average Bonchev–Trinajstić information content (AvgIpc) is 2.90. The van der Waals surface area contributed by atoms with Gasteiger partial charge < -0.3 is 15.4 Å². The fourth-order valence-corrected chi connectivity index (χ4v) is 3.36. The van der Waals surface area contributed by atoms with Gasteiger partial charge in [0.2, 0.25) is 5.91 Å². The molecule has 2 aliphatic heterocycles. The molecular weight excluding hydrogens is 373 g/mol. The Balaban J connectivity index is 0.00000169. The van der Waals surface area contributed by atoms with Gasteiger partial charge in [0.1, 0.15) is 6.04 Å². The Morgan fingerprint density at radius 1 is 1.08 bits per heavy atom. The van der Waals surface area contributed by atoms with Crippen LogP contribution >= 0.6 is 24.8 Å². The minimum Gasteiger partial charge on any atom is -0.378 e. The molecule has 0 saturated carbocycles. The van der Waals surface area contributed by atoms with Crippen molar-refractivity contribution in [1.82, 2.24) is 15.5 Å². The van der Waals surface area contributed by atoms with Crippen LogP contribution in [0, 0.1) is 0 Å². The SMILES string of the molecule is Cl.Cl.O=C(NCc1ccc(CN2CCCCCC2)cc1)C1COCCN1. The summed E-state index contributed by atoms with van der Waals surface area (Å²) in [7, 11) is 0. The largest absolute Gasteiger partial charge is 0.378 e. The van der Waals surface area contributed by atoms with Crippen molar-refractivity contribution >= 4 is 30.7 Å². The molecule has 1 atom stereocenters. The van der Waals surface area contributed by atoms with E-state index in [2.05, 4.69) is 39.8 Å². The molecule has 148 valence electrons. The first-order valence-electron chi connectivity index (χ1n) is 9.20. The van der Waals surface area contributed by atoms with E-state index in [9.17, 15) is 4.79 Å². The van der Waals surface area contributed by atoms with Crippen LogP contribution in [0.1, 0.15) is 36.8 Å². The number of nitrogens with one attached hydrogen (secondary N) is 2. The van der Waals surface area contributed by atoms with Crippen LogP contribution < -0.4 is 10.6 Å². The van der Waals surface area contributed by atoms with Crippen molar-refractivity contribution < 1.29 is 9.53 Å². The summed E-state index contributed by atoms with van der Waals surface area (Å²) in [6.45, 7) is 5.92. The van der Waals surface area contributed by atoms with Crippen LogP contribution in [0.3, 0.4) is 0 Å². The Kier molecular flexibility index (Phi) is 11.2. The molecule has 5 nitrogen and oxygen atoms in total. The van der Waals surface area contributed by atoms with E-state index in [0.29, 0.717) is 19.8 Å². The van der Waals surface area contributed by atoms with Gasteiger partial charge in [-0.25, -0.2) is 0 Å². The number of hydrogen-bond donors (Lipinski definition) is 2. The number of carbonyl (C=O) groups excluding carboxylic acids is 1. The van der Waals surface area contributed by atoms with Gasteiger partial charge in [-0.05, 0) is 37.1 Å². The second-order valence-corrected chi connectivity index (χ2v) is 6.81. The number of rotatable bonds is 5. The minimum absolute atomic E-state index is 0. The van der Waals surface area contributed by atoms with E-state index in [1.807, 2.05) is 0 Å². The minimum atomic E-state index is -0.221. The number of benzene rings is 1. The Labute approximate surface area is 169 Å². The molecule has 0 radical (unpaired) electrons. The van der Waals surface area contributed by atoms with Gasteiger partial charge in [-0.1, -0.05) is 37.1 Å². The van der Waals surface area contributed by atoms with Crippen LogP contribution in [0.15, 0.2) is 24.3 Å². The lowest BCUT2D eigenvalue weighted by molar-refractivity contribution is -0.126. The lowest BCUT2D eigenvalue weighted by Crippen LogP contribution is -2.51. The normalized spacial score (nSPS) is 21.0. The molecule has 0 aliphatic carbocycles. The first kappa shape index (κ1) is 23.2. The number of halogens is 2. The fourth-order valence-electron chi connectivity index (χ4n) is 3.36. The summed E-state index contributed by atoms with van der Waals surface area (Å²) in [6.07, 6.45) is 5.39. The number of nitrogens with zero attached hydrogens (tertiary/aromatic N) is 1. The van der Waals surface area contributed by atoms with Gasteiger partial charge in [-0.2, -0.15) is 0 Å². The molecule has 2 fully saturated rings. The Morgan fingerprint density at radius 2 is 1.73 bits per heavy atom. The smallest absolute Gasteiger partial charge is 0.239 e. The Morgan fingerprint density at radius 3 is 2.35 bits per heavy atom. The van der Waals surface area contributed by atoms with Crippen molar-refractivity contribution in [1.29, 1.82) is 0 Å². The summed E-state index contributed by atoms with van der Waals surface area (Å²) in [6, 6.07) is 8.40. The first-order chi connectivity index (χ1) is 11.8. The molecule has 0 aromatic heterocycles. The summed E-state index contributed by atoms with van der Waals surface area (Å²) < 4.78 is 5.32. The highest BCUT2D eigenvalue weighted by molar-refractivity contribution is 5.85. The van der Waals surface area contributed by atoms with E-state index in [1.54, 1.807) is 0 Å². The van der Waals surface area contributed by atoms with Gasteiger partial charge in [-0.3, -0.25) is 9.69 Å². The molecule has 2 aliphatic rings. The van der Waals surface area contributed by atoms with E-state index in [1.165, 1.54) is 44.3 Å².